The molecule has 1 heterocycles. The van der Waals surface area contributed by atoms with E-state index >= 15 is 0 Å². The fourth-order valence-electron chi connectivity index (χ4n) is 1.73. The first-order valence-corrected chi connectivity index (χ1v) is 5.25. The first-order chi connectivity index (χ1) is 7.22. The van der Waals surface area contributed by atoms with Crippen LogP contribution in [0.1, 0.15) is 24.1 Å². The highest BCUT2D eigenvalue weighted by Gasteiger charge is 2.30. The summed E-state index contributed by atoms with van der Waals surface area (Å²) in [5.74, 6) is 1.08. The normalized spacial score (nSPS) is 17.5. The van der Waals surface area contributed by atoms with Gasteiger partial charge in [0.15, 0.2) is 0 Å². The van der Waals surface area contributed by atoms with Gasteiger partial charge in [0.25, 0.3) is 0 Å². The number of rotatable bonds is 4. The topological polar surface area (TPSA) is 55.2 Å². The Labute approximate surface area is 89.3 Å². The predicted octanol–water partition coefficient (Wildman–Crippen LogP) is 1.11. The van der Waals surface area contributed by atoms with Crippen molar-refractivity contribution in [3.63, 3.8) is 0 Å². The van der Waals surface area contributed by atoms with E-state index in [4.69, 9.17) is 4.74 Å². The monoisotopic (exact) mass is 208 g/mol. The van der Waals surface area contributed by atoms with Gasteiger partial charge in [0.1, 0.15) is 6.33 Å². The van der Waals surface area contributed by atoms with Crippen molar-refractivity contribution in [2.45, 2.75) is 32.3 Å². The third-order valence-corrected chi connectivity index (χ3v) is 2.90. The van der Waals surface area contributed by atoms with Crippen molar-refractivity contribution in [3.05, 3.63) is 17.6 Å². The molecule has 1 aromatic heterocycles. The maximum absolute atomic E-state index is 9.83. The van der Waals surface area contributed by atoms with Crippen molar-refractivity contribution < 1.29 is 9.84 Å². The van der Waals surface area contributed by atoms with E-state index in [-0.39, 0.29) is 6.10 Å². The summed E-state index contributed by atoms with van der Waals surface area (Å²) in [5.41, 5.74) is 1.82. The molecule has 2 rings (SSSR count). The maximum atomic E-state index is 9.83. The van der Waals surface area contributed by atoms with Gasteiger partial charge in [-0.1, -0.05) is 0 Å². The van der Waals surface area contributed by atoms with Gasteiger partial charge in [-0.3, -0.25) is 0 Å². The van der Waals surface area contributed by atoms with Crippen LogP contribution in [0.4, 0.5) is 0 Å². The third kappa shape index (κ3) is 2.26. The van der Waals surface area contributed by atoms with Crippen LogP contribution in [-0.4, -0.2) is 28.3 Å². The van der Waals surface area contributed by atoms with E-state index in [1.165, 1.54) is 6.33 Å². The number of ether oxygens (including phenoxy) is 1. The first kappa shape index (κ1) is 10.4. The van der Waals surface area contributed by atoms with Crippen LogP contribution in [0.15, 0.2) is 6.33 Å². The molecule has 1 N–H and O–H groups in total. The van der Waals surface area contributed by atoms with Crippen LogP contribution in [0, 0.1) is 12.8 Å². The molecule has 0 aromatic carbocycles. The minimum absolute atomic E-state index is 0.261. The lowest BCUT2D eigenvalue weighted by Gasteiger charge is -2.11. The molecule has 1 fully saturated rings. The van der Waals surface area contributed by atoms with E-state index in [9.17, 15) is 5.11 Å². The Morgan fingerprint density at radius 2 is 2.27 bits per heavy atom. The summed E-state index contributed by atoms with van der Waals surface area (Å²) in [4.78, 5) is 8.20. The van der Waals surface area contributed by atoms with Gasteiger partial charge in [-0.15, -0.1) is 0 Å². The smallest absolute Gasteiger partial charge is 0.219 e. The number of aliphatic hydroxyl groups excluding tert-OH is 1. The molecule has 1 aliphatic rings. The van der Waals surface area contributed by atoms with E-state index in [1.807, 2.05) is 6.92 Å². The van der Waals surface area contributed by atoms with Gasteiger partial charge in [-0.25, -0.2) is 9.97 Å². The number of hydrogen-bond acceptors (Lipinski definition) is 4. The molecule has 82 valence electrons. The highest BCUT2D eigenvalue weighted by Crippen LogP contribution is 2.34. The Morgan fingerprint density at radius 3 is 2.87 bits per heavy atom. The standard InChI is InChI=1S/C11H16N2O2/c1-7-9(5-10(14)8-3-4-8)12-6-13-11(7)15-2/h6,8,10,14H,3-5H2,1-2H3. The SMILES string of the molecule is COc1ncnc(CC(O)C2CC2)c1C. The molecule has 0 saturated heterocycles. The van der Waals surface area contributed by atoms with Gasteiger partial charge < -0.3 is 9.84 Å². The van der Waals surface area contributed by atoms with E-state index in [0.717, 1.165) is 24.1 Å². The van der Waals surface area contributed by atoms with Gasteiger partial charge in [0.05, 0.1) is 18.9 Å². The van der Waals surface area contributed by atoms with Crippen molar-refractivity contribution in [1.82, 2.24) is 9.97 Å². The van der Waals surface area contributed by atoms with Gasteiger partial charge >= 0.3 is 0 Å². The lowest BCUT2D eigenvalue weighted by molar-refractivity contribution is 0.150. The second-order valence-electron chi connectivity index (χ2n) is 4.06. The highest BCUT2D eigenvalue weighted by atomic mass is 16.5. The number of aliphatic hydroxyl groups is 1. The lowest BCUT2D eigenvalue weighted by Crippen LogP contribution is -2.15. The molecular formula is C11H16N2O2. The summed E-state index contributed by atoms with van der Waals surface area (Å²) < 4.78 is 5.11. The summed E-state index contributed by atoms with van der Waals surface area (Å²) >= 11 is 0. The maximum Gasteiger partial charge on any atom is 0.219 e. The summed E-state index contributed by atoms with van der Waals surface area (Å²) in [7, 11) is 1.59. The number of nitrogens with zero attached hydrogens (tertiary/aromatic N) is 2. The second kappa shape index (κ2) is 4.14. The Hall–Kier alpha value is -1.16. The number of aromatic nitrogens is 2. The zero-order chi connectivity index (χ0) is 10.8. The third-order valence-electron chi connectivity index (χ3n) is 2.90. The fourth-order valence-corrected chi connectivity index (χ4v) is 1.73. The Kier molecular flexibility index (Phi) is 2.86. The van der Waals surface area contributed by atoms with E-state index < -0.39 is 0 Å². The van der Waals surface area contributed by atoms with Crippen LogP contribution >= 0.6 is 0 Å². The van der Waals surface area contributed by atoms with Gasteiger partial charge in [-0.05, 0) is 25.7 Å². The fraction of sp³-hybridized carbons (Fsp3) is 0.636. The van der Waals surface area contributed by atoms with E-state index in [0.29, 0.717) is 18.2 Å². The zero-order valence-electron chi connectivity index (χ0n) is 9.10. The zero-order valence-corrected chi connectivity index (χ0v) is 9.10. The molecule has 0 radical (unpaired) electrons. The molecule has 0 aliphatic heterocycles. The average molecular weight is 208 g/mol. The molecule has 1 aromatic rings. The summed E-state index contributed by atoms with van der Waals surface area (Å²) in [6, 6.07) is 0. The van der Waals surface area contributed by atoms with Crippen molar-refractivity contribution in [2.24, 2.45) is 5.92 Å². The molecule has 0 amide bonds. The molecule has 4 nitrogen and oxygen atoms in total. The van der Waals surface area contributed by atoms with Gasteiger partial charge in [0, 0.05) is 12.0 Å². The van der Waals surface area contributed by atoms with Crippen molar-refractivity contribution in [3.8, 4) is 5.88 Å². The quantitative estimate of drug-likeness (QED) is 0.805. The van der Waals surface area contributed by atoms with Crippen LogP contribution in [-0.2, 0) is 6.42 Å². The Balaban J connectivity index is 2.12. The average Bonchev–Trinajstić information content (AvgIpc) is 3.04. The minimum atomic E-state index is -0.261. The van der Waals surface area contributed by atoms with Crippen LogP contribution < -0.4 is 4.74 Å². The molecule has 1 saturated carbocycles. The van der Waals surface area contributed by atoms with Crippen LogP contribution in [0.25, 0.3) is 0 Å². The largest absolute Gasteiger partial charge is 0.481 e. The number of methoxy groups -OCH3 is 1. The summed E-state index contributed by atoms with van der Waals surface area (Å²) in [5, 5.41) is 9.83. The summed E-state index contributed by atoms with van der Waals surface area (Å²) in [6.07, 6.45) is 4.12. The van der Waals surface area contributed by atoms with E-state index in [1.54, 1.807) is 7.11 Å². The minimum Gasteiger partial charge on any atom is -0.481 e. The predicted molar refractivity (Wildman–Crippen MR) is 55.8 cm³/mol. The highest BCUT2D eigenvalue weighted by molar-refractivity contribution is 5.28. The molecule has 0 spiro atoms. The van der Waals surface area contributed by atoms with Crippen LogP contribution in [0.5, 0.6) is 5.88 Å². The molecule has 4 heteroatoms. The molecule has 1 atom stereocenters. The lowest BCUT2D eigenvalue weighted by atomic mass is 10.1. The van der Waals surface area contributed by atoms with Crippen molar-refractivity contribution in [1.29, 1.82) is 0 Å². The molecule has 1 unspecified atom stereocenters. The van der Waals surface area contributed by atoms with Crippen molar-refractivity contribution in [2.75, 3.05) is 7.11 Å². The van der Waals surface area contributed by atoms with Gasteiger partial charge in [0.2, 0.25) is 5.88 Å². The Bertz CT molecular complexity index is 350. The summed E-state index contributed by atoms with van der Waals surface area (Å²) in [6.45, 7) is 1.92. The molecule has 15 heavy (non-hydrogen) atoms. The Morgan fingerprint density at radius 1 is 1.53 bits per heavy atom. The molecular weight excluding hydrogens is 192 g/mol. The van der Waals surface area contributed by atoms with Crippen LogP contribution in [0.3, 0.4) is 0 Å². The van der Waals surface area contributed by atoms with E-state index in [2.05, 4.69) is 9.97 Å². The van der Waals surface area contributed by atoms with Gasteiger partial charge in [-0.2, -0.15) is 0 Å². The van der Waals surface area contributed by atoms with Crippen molar-refractivity contribution >= 4 is 0 Å². The molecule has 1 aliphatic carbocycles. The molecule has 0 bridgehead atoms. The second-order valence-corrected chi connectivity index (χ2v) is 4.06. The first-order valence-electron chi connectivity index (χ1n) is 5.25. The van der Waals surface area contributed by atoms with Crippen LogP contribution in [0.2, 0.25) is 0 Å². The number of hydrogen-bond donors (Lipinski definition) is 1.